The van der Waals surface area contributed by atoms with Crippen molar-refractivity contribution in [2.75, 3.05) is 0 Å². The second-order valence-corrected chi connectivity index (χ2v) is 5.52. The summed E-state index contributed by atoms with van der Waals surface area (Å²) in [6.45, 7) is 3.75. The molecule has 0 aromatic heterocycles. The molecule has 3 aliphatic carbocycles. The van der Waals surface area contributed by atoms with E-state index in [1.54, 1.807) is 6.92 Å². The molecule has 94 valence electrons. The van der Waals surface area contributed by atoms with E-state index >= 15 is 0 Å². The summed E-state index contributed by atoms with van der Waals surface area (Å²) in [6, 6.07) is 0. The van der Waals surface area contributed by atoms with Crippen molar-refractivity contribution in [2.45, 2.75) is 46.0 Å². The van der Waals surface area contributed by atoms with E-state index in [0.717, 1.165) is 25.7 Å². The van der Waals surface area contributed by atoms with Gasteiger partial charge in [0.2, 0.25) is 0 Å². The molecule has 0 radical (unpaired) electrons. The quantitative estimate of drug-likeness (QED) is 0.685. The van der Waals surface area contributed by atoms with Crippen molar-refractivity contribution in [3.05, 3.63) is 12.2 Å². The largest absolute Gasteiger partial charge is 0.300 e. The lowest BCUT2D eigenvalue weighted by Gasteiger charge is -2.43. The zero-order valence-corrected chi connectivity index (χ0v) is 10.8. The molecule has 3 rings (SSSR count). The van der Waals surface area contributed by atoms with Gasteiger partial charge in [0.25, 0.3) is 0 Å². The van der Waals surface area contributed by atoms with Crippen LogP contribution in [-0.2, 0) is 9.59 Å². The minimum absolute atomic E-state index is 0.0113. The Hall–Kier alpha value is -0.920. The van der Waals surface area contributed by atoms with Crippen LogP contribution in [0.1, 0.15) is 46.0 Å². The number of hydrogen-bond donors (Lipinski definition) is 0. The van der Waals surface area contributed by atoms with Crippen molar-refractivity contribution in [2.24, 2.45) is 23.7 Å². The molecule has 17 heavy (non-hydrogen) atoms. The van der Waals surface area contributed by atoms with Gasteiger partial charge in [0, 0.05) is 18.3 Å². The highest BCUT2D eigenvalue weighted by atomic mass is 16.1. The maximum atomic E-state index is 12.3. The number of fused-ring (bicyclic) bond motifs is 2. The monoisotopic (exact) mass is 234 g/mol. The zero-order chi connectivity index (χ0) is 12.4. The maximum absolute atomic E-state index is 12.3. The number of hydrogen-bond acceptors (Lipinski definition) is 2. The molecular formula is C15H22O2. The lowest BCUT2D eigenvalue weighted by molar-refractivity contribution is -0.137. The van der Waals surface area contributed by atoms with Gasteiger partial charge >= 0.3 is 0 Å². The normalized spacial score (nSPS) is 34.9. The van der Waals surface area contributed by atoms with E-state index < -0.39 is 0 Å². The molecule has 0 amide bonds. The molecule has 2 bridgehead atoms. The van der Waals surface area contributed by atoms with E-state index in [2.05, 4.69) is 19.1 Å². The van der Waals surface area contributed by atoms with Gasteiger partial charge < -0.3 is 0 Å². The Kier molecular flexibility index (Phi) is 3.80. The van der Waals surface area contributed by atoms with Gasteiger partial charge in [-0.15, -0.1) is 0 Å². The smallest absolute Gasteiger partial charge is 0.137 e. The van der Waals surface area contributed by atoms with Crippen molar-refractivity contribution in [1.29, 1.82) is 0 Å². The molecule has 2 heteroatoms. The summed E-state index contributed by atoms with van der Waals surface area (Å²) in [5.74, 6) is 1.15. The molecule has 1 saturated carbocycles. The zero-order valence-electron chi connectivity index (χ0n) is 10.8. The van der Waals surface area contributed by atoms with Crippen molar-refractivity contribution < 1.29 is 9.59 Å². The summed E-state index contributed by atoms with van der Waals surface area (Å²) in [7, 11) is 0. The van der Waals surface area contributed by atoms with Crippen molar-refractivity contribution in [3.63, 3.8) is 0 Å². The molecule has 4 atom stereocenters. The lowest BCUT2D eigenvalue weighted by Crippen LogP contribution is -2.44. The average Bonchev–Trinajstić information content (AvgIpc) is 2.36. The van der Waals surface area contributed by atoms with Crippen molar-refractivity contribution in [3.8, 4) is 0 Å². The third-order valence-electron chi connectivity index (χ3n) is 4.37. The van der Waals surface area contributed by atoms with Gasteiger partial charge in [-0.05, 0) is 38.0 Å². The Morgan fingerprint density at radius 2 is 1.71 bits per heavy atom. The first-order chi connectivity index (χ1) is 8.15. The van der Waals surface area contributed by atoms with E-state index in [4.69, 9.17) is 0 Å². The summed E-state index contributed by atoms with van der Waals surface area (Å²) in [5.41, 5.74) is 0. The van der Waals surface area contributed by atoms with Crippen LogP contribution >= 0.6 is 0 Å². The van der Waals surface area contributed by atoms with E-state index in [9.17, 15) is 9.59 Å². The molecule has 0 aromatic carbocycles. The van der Waals surface area contributed by atoms with E-state index in [0.29, 0.717) is 24.0 Å². The number of unbranched alkanes of at least 4 members (excludes halogenated alkanes) is 1. The molecule has 0 saturated heterocycles. The molecule has 0 N–H and O–H groups in total. The van der Waals surface area contributed by atoms with Crippen LogP contribution in [0.2, 0.25) is 0 Å². The highest BCUT2D eigenvalue weighted by Gasteiger charge is 2.45. The number of ketones is 2. The van der Waals surface area contributed by atoms with Gasteiger partial charge in [-0.2, -0.15) is 0 Å². The Balaban J connectivity index is 2.15. The van der Waals surface area contributed by atoms with Gasteiger partial charge in [0.15, 0.2) is 0 Å². The van der Waals surface area contributed by atoms with Crippen LogP contribution in [0.15, 0.2) is 12.2 Å². The molecule has 1 fully saturated rings. The summed E-state index contributed by atoms with van der Waals surface area (Å²) in [5, 5.41) is 0. The summed E-state index contributed by atoms with van der Waals surface area (Å²) < 4.78 is 0. The van der Waals surface area contributed by atoms with Gasteiger partial charge in [0.1, 0.15) is 11.6 Å². The van der Waals surface area contributed by atoms with E-state index in [1.807, 2.05) is 0 Å². The second kappa shape index (κ2) is 5.16. The predicted octanol–water partition coefficient (Wildman–Crippen LogP) is 3.16. The molecule has 0 spiro atoms. The topological polar surface area (TPSA) is 34.1 Å². The number of Topliss-reactive ketones (excluding diaryl/α,β-unsaturated/α-hetero) is 2. The van der Waals surface area contributed by atoms with Crippen LogP contribution in [0, 0.1) is 23.7 Å². The third kappa shape index (κ3) is 2.36. The highest BCUT2D eigenvalue weighted by molar-refractivity contribution is 5.90. The fourth-order valence-corrected chi connectivity index (χ4v) is 3.50. The number of carbonyl (C=O) groups is 2. The number of allylic oxidation sites excluding steroid dienone is 2. The molecule has 4 unspecified atom stereocenters. The second-order valence-electron chi connectivity index (χ2n) is 5.52. The van der Waals surface area contributed by atoms with Gasteiger partial charge in [-0.25, -0.2) is 0 Å². The predicted molar refractivity (Wildman–Crippen MR) is 67.5 cm³/mol. The van der Waals surface area contributed by atoms with E-state index in [1.165, 1.54) is 0 Å². The fraction of sp³-hybridized carbons (Fsp3) is 0.733. The molecule has 0 aliphatic heterocycles. The van der Waals surface area contributed by atoms with Crippen LogP contribution in [0.25, 0.3) is 0 Å². The Bertz CT molecular complexity index is 343. The molecule has 2 nitrogen and oxygen atoms in total. The first kappa shape index (κ1) is 12.5. The van der Waals surface area contributed by atoms with Crippen LogP contribution in [-0.4, -0.2) is 11.6 Å². The highest BCUT2D eigenvalue weighted by Crippen LogP contribution is 2.46. The third-order valence-corrected chi connectivity index (χ3v) is 4.37. The SMILES string of the molecule is CCCCC(=O)C1C2C=CC(CC2)C1C(C)=O. The molecule has 3 aliphatic rings. The van der Waals surface area contributed by atoms with Gasteiger partial charge in [0.05, 0.1) is 0 Å². The first-order valence-electron chi connectivity index (χ1n) is 6.86. The van der Waals surface area contributed by atoms with Crippen LogP contribution in [0.3, 0.4) is 0 Å². The Labute approximate surface area is 103 Å². The Morgan fingerprint density at radius 3 is 2.18 bits per heavy atom. The minimum atomic E-state index is -0.0249. The first-order valence-corrected chi connectivity index (χ1v) is 6.86. The molecule has 0 heterocycles. The van der Waals surface area contributed by atoms with Crippen molar-refractivity contribution in [1.82, 2.24) is 0 Å². The molecular weight excluding hydrogens is 212 g/mol. The fourth-order valence-electron chi connectivity index (χ4n) is 3.50. The van der Waals surface area contributed by atoms with Crippen molar-refractivity contribution >= 4 is 11.6 Å². The lowest BCUT2D eigenvalue weighted by atomic mass is 9.59. The average molecular weight is 234 g/mol. The standard InChI is InChI=1S/C15H22O2/c1-3-4-5-13(17)15-12-8-6-11(7-9-12)14(15)10(2)16/h6,8,11-12,14-15H,3-5,7,9H2,1-2H3. The Morgan fingerprint density at radius 1 is 1.12 bits per heavy atom. The van der Waals surface area contributed by atoms with Crippen LogP contribution < -0.4 is 0 Å². The van der Waals surface area contributed by atoms with Crippen LogP contribution in [0.5, 0.6) is 0 Å². The number of carbonyl (C=O) groups excluding carboxylic acids is 2. The maximum Gasteiger partial charge on any atom is 0.137 e. The van der Waals surface area contributed by atoms with Crippen LogP contribution in [0.4, 0.5) is 0 Å². The summed E-state index contributed by atoms with van der Waals surface area (Å²) in [4.78, 5) is 24.1. The summed E-state index contributed by atoms with van der Waals surface area (Å²) >= 11 is 0. The van der Waals surface area contributed by atoms with Gasteiger partial charge in [-0.3, -0.25) is 9.59 Å². The van der Waals surface area contributed by atoms with Gasteiger partial charge in [-0.1, -0.05) is 25.5 Å². The van der Waals surface area contributed by atoms with E-state index in [-0.39, 0.29) is 17.6 Å². The summed E-state index contributed by atoms with van der Waals surface area (Å²) in [6.07, 6.45) is 9.19. The minimum Gasteiger partial charge on any atom is -0.300 e. The number of rotatable bonds is 5. The molecule has 0 aromatic rings.